The zero-order valence-electron chi connectivity index (χ0n) is 18.0. The maximum absolute atomic E-state index is 13.4. The summed E-state index contributed by atoms with van der Waals surface area (Å²) in [5.74, 6) is 0.444. The summed E-state index contributed by atoms with van der Waals surface area (Å²) in [4.78, 5) is 13.9. The van der Waals surface area contributed by atoms with E-state index in [1.165, 1.54) is 24.3 Å². The second kappa shape index (κ2) is 11.8. The number of anilines is 1. The lowest BCUT2D eigenvalue weighted by atomic mass is 10.2. The van der Waals surface area contributed by atoms with Gasteiger partial charge in [-0.1, -0.05) is 41.4 Å². The number of aryl methyl sites for hydroxylation is 1. The number of thioether (sulfide) groups is 1. The summed E-state index contributed by atoms with van der Waals surface area (Å²) in [5.41, 5.74) is 1.21. The van der Waals surface area contributed by atoms with Crippen molar-refractivity contribution in [2.24, 2.45) is 0 Å². The first-order valence-corrected chi connectivity index (χ1v) is 13.4. The van der Waals surface area contributed by atoms with Crippen LogP contribution in [0.25, 0.3) is 0 Å². The lowest BCUT2D eigenvalue weighted by molar-refractivity contribution is -0.119. The number of carbonyl (C=O) groups is 1. The van der Waals surface area contributed by atoms with E-state index in [4.69, 9.17) is 23.2 Å². The molecule has 5 nitrogen and oxygen atoms in total. The third-order valence-electron chi connectivity index (χ3n) is 4.80. The van der Waals surface area contributed by atoms with E-state index in [0.717, 1.165) is 26.9 Å². The fourth-order valence-corrected chi connectivity index (χ4v) is 5.67. The molecular formula is C24H24Cl2N2O3S2. The molecule has 0 aliphatic heterocycles. The van der Waals surface area contributed by atoms with Crippen molar-refractivity contribution >= 4 is 56.6 Å². The summed E-state index contributed by atoms with van der Waals surface area (Å²) in [7, 11) is -3.96. The molecule has 0 fully saturated rings. The molecule has 3 rings (SSSR count). The molecule has 0 bridgehead atoms. The van der Waals surface area contributed by atoms with Crippen LogP contribution in [0.1, 0.15) is 12.0 Å². The molecule has 0 atom stereocenters. The van der Waals surface area contributed by atoms with Crippen LogP contribution in [-0.2, 0) is 14.8 Å². The molecule has 0 unspecified atom stereocenters. The molecule has 3 aromatic rings. The molecule has 3 aromatic carbocycles. The first kappa shape index (κ1) is 25.4. The van der Waals surface area contributed by atoms with Gasteiger partial charge in [0, 0.05) is 21.5 Å². The number of carbonyl (C=O) groups excluding carboxylic acids is 1. The van der Waals surface area contributed by atoms with Gasteiger partial charge in [0.15, 0.2) is 0 Å². The van der Waals surface area contributed by atoms with Crippen LogP contribution >= 0.6 is 35.0 Å². The Morgan fingerprint density at radius 3 is 2.18 bits per heavy atom. The van der Waals surface area contributed by atoms with Gasteiger partial charge in [0.2, 0.25) is 5.91 Å². The van der Waals surface area contributed by atoms with Gasteiger partial charge in [-0.2, -0.15) is 0 Å². The first-order chi connectivity index (χ1) is 15.8. The smallest absolute Gasteiger partial charge is 0.264 e. The second-order valence-electron chi connectivity index (χ2n) is 7.26. The summed E-state index contributed by atoms with van der Waals surface area (Å²) >= 11 is 13.5. The molecule has 0 aromatic heterocycles. The first-order valence-electron chi connectivity index (χ1n) is 10.3. The Hall–Kier alpha value is -2.19. The Morgan fingerprint density at radius 1 is 0.939 bits per heavy atom. The minimum absolute atomic E-state index is 0.0716. The molecular weight excluding hydrogens is 499 g/mol. The van der Waals surface area contributed by atoms with Gasteiger partial charge in [-0.25, -0.2) is 8.42 Å². The third-order valence-corrected chi connectivity index (χ3v) is 8.17. The molecule has 1 amide bonds. The highest BCUT2D eigenvalue weighted by Crippen LogP contribution is 2.27. The van der Waals surface area contributed by atoms with Crippen LogP contribution in [0.5, 0.6) is 0 Å². The van der Waals surface area contributed by atoms with Crippen LogP contribution in [-0.4, -0.2) is 33.2 Å². The maximum Gasteiger partial charge on any atom is 0.264 e. The van der Waals surface area contributed by atoms with Gasteiger partial charge in [0.05, 0.1) is 10.6 Å². The van der Waals surface area contributed by atoms with Gasteiger partial charge in [-0.3, -0.25) is 9.10 Å². The molecule has 33 heavy (non-hydrogen) atoms. The van der Waals surface area contributed by atoms with Crippen LogP contribution in [0, 0.1) is 6.92 Å². The number of benzene rings is 3. The van der Waals surface area contributed by atoms with E-state index in [2.05, 4.69) is 5.32 Å². The van der Waals surface area contributed by atoms with E-state index < -0.39 is 10.0 Å². The van der Waals surface area contributed by atoms with Crippen LogP contribution < -0.4 is 9.62 Å². The number of halogens is 2. The summed E-state index contributed by atoms with van der Waals surface area (Å²) in [5, 5.41) is 3.96. The van der Waals surface area contributed by atoms with Crippen molar-refractivity contribution < 1.29 is 13.2 Å². The van der Waals surface area contributed by atoms with Gasteiger partial charge >= 0.3 is 0 Å². The van der Waals surface area contributed by atoms with Crippen LogP contribution in [0.15, 0.2) is 82.6 Å². The molecule has 0 radical (unpaired) electrons. The van der Waals surface area contributed by atoms with Crippen molar-refractivity contribution in [3.63, 3.8) is 0 Å². The Balaban J connectivity index is 1.65. The van der Waals surface area contributed by atoms with E-state index in [9.17, 15) is 13.2 Å². The van der Waals surface area contributed by atoms with Gasteiger partial charge in [0.25, 0.3) is 10.0 Å². The second-order valence-corrected chi connectivity index (χ2v) is 11.2. The van der Waals surface area contributed by atoms with Gasteiger partial charge in [-0.05, 0) is 79.3 Å². The van der Waals surface area contributed by atoms with E-state index in [0.29, 0.717) is 22.3 Å². The van der Waals surface area contributed by atoms with Crippen molar-refractivity contribution in [2.75, 3.05) is 23.1 Å². The maximum atomic E-state index is 13.4. The van der Waals surface area contributed by atoms with Crippen LogP contribution in [0.4, 0.5) is 5.69 Å². The zero-order chi connectivity index (χ0) is 23.8. The lowest BCUT2D eigenvalue weighted by Gasteiger charge is -2.25. The van der Waals surface area contributed by atoms with E-state index in [1.807, 2.05) is 43.3 Å². The minimum Gasteiger partial charge on any atom is -0.354 e. The number of para-hydroxylation sites is 1. The molecule has 0 aliphatic carbocycles. The summed E-state index contributed by atoms with van der Waals surface area (Å²) in [6.07, 6.45) is 0.743. The largest absolute Gasteiger partial charge is 0.354 e. The van der Waals surface area contributed by atoms with Gasteiger partial charge < -0.3 is 5.32 Å². The fraction of sp³-hybridized carbons (Fsp3) is 0.208. The monoisotopic (exact) mass is 522 g/mol. The molecule has 1 N–H and O–H groups in total. The van der Waals surface area contributed by atoms with Gasteiger partial charge in [0.1, 0.15) is 6.54 Å². The SMILES string of the molecule is Cc1ccccc1N(CC(=O)NCCCSc1ccc(Cl)cc1)S(=O)(=O)c1ccc(Cl)cc1. The van der Waals surface area contributed by atoms with Gasteiger partial charge in [-0.15, -0.1) is 11.8 Å². The Morgan fingerprint density at radius 2 is 1.55 bits per heavy atom. The average molecular weight is 524 g/mol. The van der Waals surface area contributed by atoms with Crippen molar-refractivity contribution in [3.05, 3.63) is 88.4 Å². The molecule has 9 heteroatoms. The van der Waals surface area contributed by atoms with E-state index in [1.54, 1.807) is 23.9 Å². The third kappa shape index (κ3) is 7.14. The number of rotatable bonds is 10. The van der Waals surface area contributed by atoms with Crippen molar-refractivity contribution in [1.29, 1.82) is 0 Å². The Kier molecular flexibility index (Phi) is 9.09. The van der Waals surface area contributed by atoms with Crippen molar-refractivity contribution in [3.8, 4) is 0 Å². The standard InChI is InChI=1S/C24H24Cl2N2O3S2/c1-18-5-2-3-6-23(18)28(33(30,31)22-13-9-20(26)10-14-22)17-24(29)27-15-4-16-32-21-11-7-19(25)8-12-21/h2-3,5-14H,4,15-17H2,1H3,(H,27,29). The van der Waals surface area contributed by atoms with E-state index in [-0.39, 0.29) is 17.3 Å². The highest BCUT2D eigenvalue weighted by Gasteiger charge is 2.28. The molecule has 174 valence electrons. The quantitative estimate of drug-likeness (QED) is 0.270. The van der Waals surface area contributed by atoms with E-state index >= 15 is 0 Å². The number of sulfonamides is 1. The molecule has 0 saturated carbocycles. The number of hydrogen-bond donors (Lipinski definition) is 1. The predicted molar refractivity (Wildman–Crippen MR) is 137 cm³/mol. The Labute approximate surface area is 209 Å². The molecule has 0 aliphatic rings. The Bertz CT molecular complexity index is 1190. The summed E-state index contributed by atoms with van der Waals surface area (Å²) in [6, 6.07) is 20.6. The molecule has 0 saturated heterocycles. The highest BCUT2D eigenvalue weighted by molar-refractivity contribution is 7.99. The van der Waals surface area contributed by atoms with Crippen LogP contribution in [0.3, 0.4) is 0 Å². The topological polar surface area (TPSA) is 66.5 Å². The summed E-state index contributed by atoms with van der Waals surface area (Å²) < 4.78 is 27.9. The number of nitrogens with zero attached hydrogens (tertiary/aromatic N) is 1. The fourth-order valence-electron chi connectivity index (χ4n) is 3.08. The number of nitrogens with one attached hydrogen (secondary N) is 1. The molecule has 0 heterocycles. The lowest BCUT2D eigenvalue weighted by Crippen LogP contribution is -2.41. The predicted octanol–water partition coefficient (Wildman–Crippen LogP) is 5.80. The molecule has 0 spiro atoms. The number of hydrogen-bond acceptors (Lipinski definition) is 4. The number of amides is 1. The summed E-state index contributed by atoms with van der Waals surface area (Å²) in [6.45, 7) is 1.94. The average Bonchev–Trinajstić information content (AvgIpc) is 2.79. The van der Waals surface area contributed by atoms with Crippen molar-refractivity contribution in [1.82, 2.24) is 5.32 Å². The van der Waals surface area contributed by atoms with Crippen molar-refractivity contribution in [2.45, 2.75) is 23.1 Å². The highest BCUT2D eigenvalue weighted by atomic mass is 35.5. The normalized spacial score (nSPS) is 11.2. The van der Waals surface area contributed by atoms with Crippen LogP contribution in [0.2, 0.25) is 10.0 Å². The minimum atomic E-state index is -3.96. The zero-order valence-corrected chi connectivity index (χ0v) is 21.1.